The zero-order valence-electron chi connectivity index (χ0n) is 17.1. The van der Waals surface area contributed by atoms with Crippen LogP contribution in [0.25, 0.3) is 0 Å². The average Bonchev–Trinajstić information content (AvgIpc) is 2.54. The Balaban J connectivity index is 2.08. The van der Waals surface area contributed by atoms with Crippen molar-refractivity contribution >= 4 is 23.2 Å². The molecule has 6 nitrogen and oxygen atoms in total. The molecule has 0 spiro atoms. The zero-order chi connectivity index (χ0) is 20.0. The second-order valence-corrected chi connectivity index (χ2v) is 7.77. The van der Waals surface area contributed by atoms with E-state index in [1.165, 1.54) is 0 Å². The van der Waals surface area contributed by atoms with Gasteiger partial charge in [-0.15, -0.1) is 0 Å². The minimum atomic E-state index is -0.225. The van der Waals surface area contributed by atoms with Crippen molar-refractivity contribution in [3.63, 3.8) is 0 Å². The van der Waals surface area contributed by atoms with Gasteiger partial charge >= 0.3 is 0 Å². The Labute approximate surface area is 162 Å². The predicted octanol–water partition coefficient (Wildman–Crippen LogP) is 3.50. The highest BCUT2D eigenvalue weighted by Gasteiger charge is 2.34. The third-order valence-corrected chi connectivity index (χ3v) is 4.63. The summed E-state index contributed by atoms with van der Waals surface area (Å²) in [6.45, 7) is 11.7. The Bertz CT molecular complexity index is 637. The molecule has 6 heteroatoms. The van der Waals surface area contributed by atoms with Gasteiger partial charge in [0.15, 0.2) is 0 Å². The lowest BCUT2D eigenvalue weighted by molar-refractivity contribution is -0.130. The first-order valence-electron chi connectivity index (χ1n) is 9.90. The lowest BCUT2D eigenvalue weighted by atomic mass is 9.99. The summed E-state index contributed by atoms with van der Waals surface area (Å²) < 4.78 is 5.80. The van der Waals surface area contributed by atoms with Gasteiger partial charge in [-0.2, -0.15) is 0 Å². The Morgan fingerprint density at radius 1 is 1.15 bits per heavy atom. The highest BCUT2D eigenvalue weighted by Crippen LogP contribution is 2.21. The van der Waals surface area contributed by atoms with E-state index in [1.54, 1.807) is 6.07 Å². The van der Waals surface area contributed by atoms with Gasteiger partial charge in [-0.3, -0.25) is 14.5 Å². The van der Waals surface area contributed by atoms with Gasteiger partial charge in [0.05, 0.1) is 18.2 Å². The molecule has 1 saturated heterocycles. The quantitative estimate of drug-likeness (QED) is 0.765. The Morgan fingerprint density at radius 3 is 2.30 bits per heavy atom. The molecule has 1 fully saturated rings. The highest BCUT2D eigenvalue weighted by atomic mass is 16.5. The maximum atomic E-state index is 13.0. The molecule has 1 aromatic rings. The number of carbonyl (C=O) groups excluding carboxylic acids is 2. The summed E-state index contributed by atoms with van der Waals surface area (Å²) >= 11 is 0. The molecule has 0 radical (unpaired) electrons. The number of morpholine rings is 1. The Kier molecular flexibility index (Phi) is 7.80. The van der Waals surface area contributed by atoms with E-state index in [-0.39, 0.29) is 36.0 Å². The van der Waals surface area contributed by atoms with Crippen molar-refractivity contribution in [1.29, 1.82) is 0 Å². The third-order valence-electron chi connectivity index (χ3n) is 4.63. The van der Waals surface area contributed by atoms with E-state index in [2.05, 4.69) is 29.4 Å². The third kappa shape index (κ3) is 6.33. The molecule has 1 aliphatic heterocycles. The maximum absolute atomic E-state index is 13.0. The normalized spacial score (nSPS) is 21.7. The molecule has 2 N–H and O–H groups in total. The fourth-order valence-corrected chi connectivity index (χ4v) is 3.68. The zero-order valence-corrected chi connectivity index (χ0v) is 17.1. The second-order valence-electron chi connectivity index (χ2n) is 7.77. The van der Waals surface area contributed by atoms with Crippen molar-refractivity contribution in [1.82, 2.24) is 4.90 Å². The molecular weight excluding hydrogens is 342 g/mol. The first kappa shape index (κ1) is 21.4. The van der Waals surface area contributed by atoms with E-state index in [0.717, 1.165) is 19.5 Å². The molecule has 0 aromatic heterocycles. The van der Waals surface area contributed by atoms with Crippen LogP contribution in [0.4, 0.5) is 11.4 Å². The molecule has 27 heavy (non-hydrogen) atoms. The lowest BCUT2D eigenvalue weighted by Gasteiger charge is -2.41. The van der Waals surface area contributed by atoms with Crippen LogP contribution in [0, 0.1) is 5.92 Å². The van der Waals surface area contributed by atoms with Crippen LogP contribution >= 0.6 is 0 Å². The van der Waals surface area contributed by atoms with Crippen LogP contribution in [0.5, 0.6) is 0 Å². The van der Waals surface area contributed by atoms with Crippen LogP contribution in [-0.2, 0) is 14.3 Å². The molecule has 0 saturated carbocycles. The smallest absolute Gasteiger partial charge is 0.241 e. The standard InChI is InChI=1S/C21H33N3O3/c1-6-8-19(25)22-17-9-7-10-18(11-17)23-21(26)20(14(2)3)24-12-15(4)27-16(5)13-24/h7,9-11,14-16,20H,6,8,12-13H2,1-5H3,(H,22,25)(H,23,26). The van der Waals surface area contributed by atoms with Crippen LogP contribution in [0.2, 0.25) is 0 Å². The van der Waals surface area contributed by atoms with E-state index in [4.69, 9.17) is 4.74 Å². The number of hydrogen-bond donors (Lipinski definition) is 2. The van der Waals surface area contributed by atoms with Crippen LogP contribution in [0.1, 0.15) is 47.5 Å². The molecule has 3 atom stereocenters. The topological polar surface area (TPSA) is 70.7 Å². The molecule has 1 aliphatic rings. The summed E-state index contributed by atoms with van der Waals surface area (Å²) in [7, 11) is 0. The number of ether oxygens (including phenoxy) is 1. The number of benzene rings is 1. The van der Waals surface area contributed by atoms with Gasteiger partial charge in [-0.1, -0.05) is 26.8 Å². The van der Waals surface area contributed by atoms with Gasteiger partial charge in [0.25, 0.3) is 0 Å². The average molecular weight is 376 g/mol. The van der Waals surface area contributed by atoms with Crippen molar-refractivity contribution in [3.05, 3.63) is 24.3 Å². The van der Waals surface area contributed by atoms with E-state index in [9.17, 15) is 9.59 Å². The number of nitrogens with one attached hydrogen (secondary N) is 2. The van der Waals surface area contributed by atoms with E-state index < -0.39 is 0 Å². The van der Waals surface area contributed by atoms with Gasteiger partial charge in [0.2, 0.25) is 11.8 Å². The molecule has 2 amide bonds. The lowest BCUT2D eigenvalue weighted by Crippen LogP contribution is -2.55. The molecule has 2 rings (SSSR count). The number of amides is 2. The Morgan fingerprint density at radius 2 is 1.74 bits per heavy atom. The molecule has 1 heterocycles. The monoisotopic (exact) mass is 375 g/mol. The van der Waals surface area contributed by atoms with Crippen LogP contribution < -0.4 is 10.6 Å². The van der Waals surface area contributed by atoms with Gasteiger partial charge in [-0.05, 0) is 44.4 Å². The second kappa shape index (κ2) is 9.85. The van der Waals surface area contributed by atoms with Gasteiger partial charge in [-0.25, -0.2) is 0 Å². The largest absolute Gasteiger partial charge is 0.373 e. The molecule has 150 valence electrons. The van der Waals surface area contributed by atoms with Crippen molar-refractivity contribution in [2.75, 3.05) is 23.7 Å². The number of carbonyl (C=O) groups is 2. The summed E-state index contributed by atoms with van der Waals surface area (Å²) in [6.07, 6.45) is 1.51. The minimum Gasteiger partial charge on any atom is -0.373 e. The summed E-state index contributed by atoms with van der Waals surface area (Å²) in [5, 5.41) is 5.89. The SMILES string of the molecule is CCCC(=O)Nc1cccc(NC(=O)C(C(C)C)N2CC(C)OC(C)C2)c1. The molecule has 3 unspecified atom stereocenters. The van der Waals surface area contributed by atoms with Crippen molar-refractivity contribution in [2.24, 2.45) is 5.92 Å². The number of nitrogens with zero attached hydrogens (tertiary/aromatic N) is 1. The fraction of sp³-hybridized carbons (Fsp3) is 0.619. The van der Waals surface area contributed by atoms with Crippen molar-refractivity contribution in [2.45, 2.75) is 65.7 Å². The summed E-state index contributed by atoms with van der Waals surface area (Å²) in [5.74, 6) is 0.135. The van der Waals surface area contributed by atoms with Gasteiger partial charge in [0, 0.05) is 30.9 Å². The molecule has 1 aromatic carbocycles. The summed E-state index contributed by atoms with van der Waals surface area (Å²) in [5.41, 5.74) is 1.38. The Hall–Kier alpha value is -1.92. The summed E-state index contributed by atoms with van der Waals surface area (Å²) in [6, 6.07) is 7.08. The van der Waals surface area contributed by atoms with Gasteiger partial charge < -0.3 is 15.4 Å². The molecule has 0 aliphatic carbocycles. The van der Waals surface area contributed by atoms with Crippen LogP contribution in [0.15, 0.2) is 24.3 Å². The number of rotatable bonds is 7. The van der Waals surface area contributed by atoms with Crippen LogP contribution in [0.3, 0.4) is 0 Å². The van der Waals surface area contributed by atoms with Crippen LogP contribution in [-0.4, -0.2) is 48.1 Å². The van der Waals surface area contributed by atoms with E-state index in [0.29, 0.717) is 17.8 Å². The molecule has 0 bridgehead atoms. The highest BCUT2D eigenvalue weighted by molar-refractivity contribution is 5.96. The number of anilines is 2. The predicted molar refractivity (Wildman–Crippen MR) is 109 cm³/mol. The minimum absolute atomic E-state index is 0.0164. The van der Waals surface area contributed by atoms with E-state index in [1.807, 2.05) is 39.0 Å². The van der Waals surface area contributed by atoms with Gasteiger partial charge in [0.1, 0.15) is 0 Å². The maximum Gasteiger partial charge on any atom is 0.241 e. The van der Waals surface area contributed by atoms with Crippen molar-refractivity contribution < 1.29 is 14.3 Å². The first-order valence-corrected chi connectivity index (χ1v) is 9.90. The first-order chi connectivity index (χ1) is 12.8. The number of hydrogen-bond acceptors (Lipinski definition) is 4. The van der Waals surface area contributed by atoms with E-state index >= 15 is 0 Å². The fourth-order valence-electron chi connectivity index (χ4n) is 3.68. The summed E-state index contributed by atoms with van der Waals surface area (Å²) in [4.78, 5) is 27.0. The molecular formula is C21H33N3O3. The van der Waals surface area contributed by atoms with Crippen molar-refractivity contribution in [3.8, 4) is 0 Å².